The first-order valence-electron chi connectivity index (χ1n) is 8.30. The zero-order chi connectivity index (χ0) is 19.2. The predicted molar refractivity (Wildman–Crippen MR) is 103 cm³/mol. The number of hydrogen-bond donors (Lipinski definition) is 0. The topological polar surface area (TPSA) is 57.0 Å². The summed E-state index contributed by atoms with van der Waals surface area (Å²) in [4.78, 5) is 12.0. The number of halogens is 2. The van der Waals surface area contributed by atoms with Crippen LogP contribution in [0.4, 0.5) is 4.39 Å². The molecule has 1 aromatic heterocycles. The summed E-state index contributed by atoms with van der Waals surface area (Å²) in [6.45, 7) is 2.44. The van der Waals surface area contributed by atoms with Gasteiger partial charge in [-0.25, -0.2) is 4.39 Å². The molecule has 0 aliphatic rings. The summed E-state index contributed by atoms with van der Waals surface area (Å²) in [5.41, 5.74) is 1.12. The Balaban J connectivity index is 1.62. The molecule has 3 rings (SSSR count). The van der Waals surface area contributed by atoms with Crippen LogP contribution < -0.4 is 0 Å². The number of carbonyl (C=O) groups excluding carboxylic acids is 1. The first kappa shape index (κ1) is 19.4. The molecule has 0 saturated carbocycles. The molecule has 0 aliphatic carbocycles. The SMILES string of the molecule is CCn1c(SCC(=O)OCc2c(F)cccc2Cl)nnc1-c1ccccc1. The third-order valence-corrected chi connectivity index (χ3v) is 5.12. The van der Waals surface area contributed by atoms with Crippen molar-refractivity contribution >= 4 is 29.3 Å². The van der Waals surface area contributed by atoms with Gasteiger partial charge in [0.2, 0.25) is 0 Å². The Kier molecular flexibility index (Phi) is 6.47. The largest absolute Gasteiger partial charge is 0.460 e. The number of aromatic nitrogens is 3. The lowest BCUT2D eigenvalue weighted by atomic mass is 10.2. The highest BCUT2D eigenvalue weighted by Gasteiger charge is 2.16. The van der Waals surface area contributed by atoms with Gasteiger partial charge in [-0.2, -0.15) is 0 Å². The van der Waals surface area contributed by atoms with Gasteiger partial charge in [-0.05, 0) is 19.1 Å². The highest BCUT2D eigenvalue weighted by molar-refractivity contribution is 7.99. The Labute approximate surface area is 165 Å². The normalized spacial score (nSPS) is 10.8. The van der Waals surface area contributed by atoms with Crippen molar-refractivity contribution in [2.24, 2.45) is 0 Å². The quantitative estimate of drug-likeness (QED) is 0.425. The highest BCUT2D eigenvalue weighted by atomic mass is 35.5. The van der Waals surface area contributed by atoms with Gasteiger partial charge in [-0.15, -0.1) is 10.2 Å². The van der Waals surface area contributed by atoms with Crippen LogP contribution in [0.15, 0.2) is 53.7 Å². The van der Waals surface area contributed by atoms with Crippen molar-refractivity contribution in [3.8, 4) is 11.4 Å². The number of thioether (sulfide) groups is 1. The standard InChI is InChI=1S/C19H17ClFN3O2S/c1-2-24-18(13-7-4-3-5-8-13)22-23-19(24)27-12-17(25)26-11-14-15(20)9-6-10-16(14)21/h3-10H,2,11-12H2,1H3. The van der Waals surface area contributed by atoms with Crippen LogP contribution in [0.5, 0.6) is 0 Å². The molecule has 5 nitrogen and oxygen atoms in total. The maximum Gasteiger partial charge on any atom is 0.316 e. The van der Waals surface area contributed by atoms with Crippen LogP contribution in [0, 0.1) is 5.82 Å². The van der Waals surface area contributed by atoms with Crippen molar-refractivity contribution in [3.63, 3.8) is 0 Å². The van der Waals surface area contributed by atoms with Crippen LogP contribution in [0.2, 0.25) is 5.02 Å². The molecule has 0 saturated heterocycles. The number of hydrogen-bond acceptors (Lipinski definition) is 5. The van der Waals surface area contributed by atoms with Gasteiger partial charge in [0.15, 0.2) is 11.0 Å². The van der Waals surface area contributed by atoms with Gasteiger partial charge in [0.25, 0.3) is 0 Å². The van der Waals surface area contributed by atoms with Gasteiger partial charge in [-0.3, -0.25) is 4.79 Å². The molecule has 0 atom stereocenters. The Morgan fingerprint density at radius 1 is 1.19 bits per heavy atom. The van der Waals surface area contributed by atoms with Gasteiger partial charge in [-0.1, -0.05) is 59.8 Å². The van der Waals surface area contributed by atoms with E-state index in [9.17, 15) is 9.18 Å². The molecule has 27 heavy (non-hydrogen) atoms. The van der Waals surface area contributed by atoms with Crippen LogP contribution in [0.1, 0.15) is 12.5 Å². The summed E-state index contributed by atoms with van der Waals surface area (Å²) in [5.74, 6) is -0.196. The van der Waals surface area contributed by atoms with Gasteiger partial charge < -0.3 is 9.30 Å². The molecule has 0 aliphatic heterocycles. The Morgan fingerprint density at radius 2 is 1.96 bits per heavy atom. The van der Waals surface area contributed by atoms with Crippen molar-refractivity contribution in [3.05, 3.63) is 64.9 Å². The molecule has 3 aromatic rings. The molecule has 8 heteroatoms. The van der Waals surface area contributed by atoms with E-state index in [0.29, 0.717) is 11.7 Å². The second-order valence-electron chi connectivity index (χ2n) is 5.57. The third-order valence-electron chi connectivity index (χ3n) is 3.82. The molecule has 0 amide bonds. The zero-order valence-corrected chi connectivity index (χ0v) is 16.1. The highest BCUT2D eigenvalue weighted by Crippen LogP contribution is 2.24. The van der Waals surface area contributed by atoms with Crippen molar-refractivity contribution in [2.75, 3.05) is 5.75 Å². The van der Waals surface area contributed by atoms with Gasteiger partial charge in [0.05, 0.1) is 10.8 Å². The van der Waals surface area contributed by atoms with Crippen molar-refractivity contribution in [2.45, 2.75) is 25.2 Å². The van der Waals surface area contributed by atoms with Crippen LogP contribution in [-0.4, -0.2) is 26.5 Å². The van der Waals surface area contributed by atoms with Crippen molar-refractivity contribution in [1.29, 1.82) is 0 Å². The fourth-order valence-corrected chi connectivity index (χ4v) is 3.49. The van der Waals surface area contributed by atoms with Crippen molar-refractivity contribution in [1.82, 2.24) is 14.8 Å². The average Bonchev–Trinajstić information content (AvgIpc) is 3.09. The van der Waals surface area contributed by atoms with Crippen LogP contribution in [0.3, 0.4) is 0 Å². The molecule has 2 aromatic carbocycles. The third kappa shape index (κ3) is 4.67. The van der Waals surface area contributed by atoms with E-state index in [2.05, 4.69) is 10.2 Å². The molecule has 0 spiro atoms. The summed E-state index contributed by atoms with van der Waals surface area (Å²) in [7, 11) is 0. The maximum atomic E-state index is 13.7. The predicted octanol–water partition coefficient (Wildman–Crippen LogP) is 4.59. The molecule has 140 valence electrons. The molecular formula is C19H17ClFN3O2S. The number of benzene rings is 2. The Hall–Kier alpha value is -2.38. The molecule has 0 fully saturated rings. The number of carbonyl (C=O) groups is 1. The number of nitrogens with zero attached hydrogens (tertiary/aromatic N) is 3. The minimum absolute atomic E-state index is 0.0407. The zero-order valence-electron chi connectivity index (χ0n) is 14.6. The fourth-order valence-electron chi connectivity index (χ4n) is 2.47. The second kappa shape index (κ2) is 9.01. The smallest absolute Gasteiger partial charge is 0.316 e. The molecule has 1 heterocycles. The Bertz CT molecular complexity index is 914. The summed E-state index contributed by atoms with van der Waals surface area (Å²) < 4.78 is 20.8. The van der Waals surface area contributed by atoms with Crippen LogP contribution >= 0.6 is 23.4 Å². The Morgan fingerprint density at radius 3 is 2.67 bits per heavy atom. The lowest BCUT2D eigenvalue weighted by Gasteiger charge is -2.08. The maximum absolute atomic E-state index is 13.7. The van der Waals surface area contributed by atoms with E-state index in [0.717, 1.165) is 11.4 Å². The van der Waals surface area contributed by atoms with Gasteiger partial charge >= 0.3 is 5.97 Å². The van der Waals surface area contributed by atoms with Gasteiger partial charge in [0, 0.05) is 17.7 Å². The van der Waals surface area contributed by atoms with E-state index in [1.807, 2.05) is 41.8 Å². The molecule has 0 unspecified atom stereocenters. The molecule has 0 N–H and O–H groups in total. The van der Waals surface area contributed by atoms with E-state index in [-0.39, 0.29) is 22.9 Å². The average molecular weight is 406 g/mol. The van der Waals surface area contributed by atoms with E-state index in [1.54, 1.807) is 6.07 Å². The monoisotopic (exact) mass is 405 g/mol. The number of ether oxygens (including phenoxy) is 1. The molecular weight excluding hydrogens is 389 g/mol. The summed E-state index contributed by atoms with van der Waals surface area (Å²) in [5, 5.41) is 9.25. The molecule has 0 radical (unpaired) electrons. The number of rotatable bonds is 7. The lowest BCUT2D eigenvalue weighted by Crippen LogP contribution is -2.09. The van der Waals surface area contributed by atoms with E-state index < -0.39 is 11.8 Å². The minimum atomic E-state index is -0.499. The summed E-state index contributed by atoms with van der Waals surface area (Å²) >= 11 is 7.16. The fraction of sp³-hybridized carbons (Fsp3) is 0.211. The second-order valence-corrected chi connectivity index (χ2v) is 6.92. The lowest BCUT2D eigenvalue weighted by molar-refractivity contribution is -0.141. The first-order chi connectivity index (χ1) is 13.1. The van der Waals surface area contributed by atoms with Crippen LogP contribution in [0.25, 0.3) is 11.4 Å². The summed E-state index contributed by atoms with van der Waals surface area (Å²) in [6.07, 6.45) is 0. The number of esters is 1. The summed E-state index contributed by atoms with van der Waals surface area (Å²) in [6, 6.07) is 14.0. The minimum Gasteiger partial charge on any atom is -0.460 e. The van der Waals surface area contributed by atoms with E-state index in [1.165, 1.54) is 23.9 Å². The van der Waals surface area contributed by atoms with E-state index >= 15 is 0 Å². The van der Waals surface area contributed by atoms with Gasteiger partial charge in [0.1, 0.15) is 12.4 Å². The van der Waals surface area contributed by atoms with Crippen molar-refractivity contribution < 1.29 is 13.9 Å². The van der Waals surface area contributed by atoms with Crippen LogP contribution in [-0.2, 0) is 22.7 Å². The van der Waals surface area contributed by atoms with E-state index in [4.69, 9.17) is 16.3 Å². The first-order valence-corrected chi connectivity index (χ1v) is 9.66. The molecule has 0 bridgehead atoms.